The number of hydrogen-bond donors (Lipinski definition) is 1. The van der Waals surface area contributed by atoms with Crippen molar-refractivity contribution in [3.05, 3.63) is 85.1 Å². The molecule has 0 aromatic carbocycles. The van der Waals surface area contributed by atoms with Gasteiger partial charge in [0, 0.05) is 12.8 Å². The maximum Gasteiger partial charge on any atom is 0.306 e. The molecule has 3 atom stereocenters. The maximum atomic E-state index is 13.5. The summed E-state index contributed by atoms with van der Waals surface area (Å²) in [6, 6.07) is -0.920. The number of nitrogens with zero attached hydrogens (tertiary/aromatic N) is 1. The third-order valence-electron chi connectivity index (χ3n) is 13.1. The van der Waals surface area contributed by atoms with E-state index in [2.05, 4.69) is 86.8 Å². The van der Waals surface area contributed by atoms with Crippen LogP contribution in [0.25, 0.3) is 0 Å². The van der Waals surface area contributed by atoms with Crippen LogP contribution in [0.3, 0.4) is 0 Å². The van der Waals surface area contributed by atoms with Crippen molar-refractivity contribution in [3.8, 4) is 0 Å². The van der Waals surface area contributed by atoms with Gasteiger partial charge in [0.2, 0.25) is 5.91 Å². The molecular weight excluding hydrogens is 940 g/mol. The Morgan fingerprint density at radius 3 is 1.30 bits per heavy atom. The zero-order valence-corrected chi connectivity index (χ0v) is 49.7. The molecule has 0 aliphatic heterocycles. The molecule has 0 spiro atoms. The highest BCUT2D eigenvalue weighted by Crippen LogP contribution is 2.38. The first-order valence-corrected chi connectivity index (χ1v) is 31.9. The van der Waals surface area contributed by atoms with E-state index in [1.165, 1.54) is 141 Å². The minimum absolute atomic E-state index is 0.0353. The highest BCUT2D eigenvalue weighted by Gasteiger charge is 2.27. The fourth-order valence-corrected chi connectivity index (χ4v) is 9.15. The van der Waals surface area contributed by atoms with Gasteiger partial charge in [-0.25, -0.2) is 0 Å². The average Bonchev–Trinajstić information content (AvgIpc) is 3.36. The number of carbonyl (C=O) groups is 2. The Kier molecular flexibility index (Phi) is 51.5. The van der Waals surface area contributed by atoms with Crippen molar-refractivity contribution in [2.24, 2.45) is 0 Å². The van der Waals surface area contributed by atoms with Crippen molar-refractivity contribution in [1.82, 2.24) is 5.32 Å². The lowest BCUT2D eigenvalue weighted by molar-refractivity contribution is -0.870. The predicted molar refractivity (Wildman–Crippen MR) is 316 cm³/mol. The largest absolute Gasteiger partial charge is 0.756 e. The van der Waals surface area contributed by atoms with E-state index in [4.69, 9.17) is 13.8 Å². The van der Waals surface area contributed by atoms with Gasteiger partial charge in [0.25, 0.3) is 7.82 Å². The molecule has 0 radical (unpaired) electrons. The number of hydrogen-bond acceptors (Lipinski definition) is 7. The summed E-state index contributed by atoms with van der Waals surface area (Å²) in [7, 11) is 1.14. The van der Waals surface area contributed by atoms with Crippen LogP contribution >= 0.6 is 7.82 Å². The normalized spacial score (nSPS) is 14.3. The quantitative estimate of drug-likeness (QED) is 0.0212. The molecule has 1 amide bonds. The lowest BCUT2D eigenvalue weighted by atomic mass is 10.0. The molecule has 3 unspecified atom stereocenters. The monoisotopic (exact) mass is 1050 g/mol. The molecule has 74 heavy (non-hydrogen) atoms. The van der Waals surface area contributed by atoms with E-state index in [1.54, 1.807) is 6.08 Å². The van der Waals surface area contributed by atoms with E-state index >= 15 is 0 Å². The van der Waals surface area contributed by atoms with Crippen LogP contribution in [0.2, 0.25) is 0 Å². The molecule has 0 aliphatic rings. The summed E-state index contributed by atoms with van der Waals surface area (Å²) in [4.78, 5) is 39.9. The molecular formula is C64H115N2O7P. The van der Waals surface area contributed by atoms with Crippen LogP contribution in [-0.2, 0) is 27.9 Å². The van der Waals surface area contributed by atoms with E-state index in [9.17, 15) is 19.0 Å². The number of ether oxygens (including phenoxy) is 1. The molecule has 1 N–H and O–H groups in total. The van der Waals surface area contributed by atoms with Gasteiger partial charge >= 0.3 is 5.97 Å². The fraction of sp³-hybridized carbons (Fsp3) is 0.750. The average molecular weight is 1060 g/mol. The number of quaternary nitrogens is 1. The Labute approximate surface area is 456 Å². The highest BCUT2D eigenvalue weighted by molar-refractivity contribution is 7.45. The van der Waals surface area contributed by atoms with Crippen molar-refractivity contribution >= 4 is 19.7 Å². The van der Waals surface area contributed by atoms with Crippen molar-refractivity contribution in [1.29, 1.82) is 0 Å². The zero-order chi connectivity index (χ0) is 54.3. The molecule has 0 bridgehead atoms. The minimum atomic E-state index is -4.71. The van der Waals surface area contributed by atoms with Crippen LogP contribution < -0.4 is 10.2 Å². The van der Waals surface area contributed by atoms with E-state index in [0.717, 1.165) is 77.0 Å². The van der Waals surface area contributed by atoms with E-state index in [1.807, 2.05) is 39.4 Å². The summed E-state index contributed by atoms with van der Waals surface area (Å²) in [5.74, 6) is -0.636. The molecule has 10 heteroatoms. The first-order chi connectivity index (χ1) is 35.9. The standard InChI is InChI=1S/C64H115N2O7P/c1-7-10-13-16-19-22-25-28-30-32-33-35-37-39-42-45-48-51-54-57-64(68)73-62(55-52-49-46-43-40-27-24-21-18-15-12-9-3)61(60-72-74(69,70)71-59-58-66(4,5)6)65-63(67)56-53-50-47-44-41-38-36-34-31-29-26-23-20-17-14-11-8-2/h10,13,19,22,28,30,33,35,39,42,48,51-52,55,61-62H,7-9,11-12,14-18,20-21,23-27,29,31-32,34,36-38,40-41,43-47,49-50,53-54,56-60H2,1-6H3,(H-,65,67,69,70)/b13-10-,22-19-,30-28-,35-33-,42-39-,51-48-,55-52+. The number of phosphoric ester groups is 1. The summed E-state index contributed by atoms with van der Waals surface area (Å²) in [6.07, 6.45) is 69.9. The van der Waals surface area contributed by atoms with Gasteiger partial charge in [-0.1, -0.05) is 260 Å². The SMILES string of the molecule is CC/C=C\C/C=C\C/C=C\C/C=C\C/C=C\C/C=C\CCC(=O)OC(/C=C/CCCCCCCCCCCC)C(COP(=O)([O-])OCC[N+](C)(C)C)NC(=O)CCCCCCCCCCCCCCCCCCC. The zero-order valence-electron chi connectivity index (χ0n) is 48.8. The number of phosphoric acid groups is 1. The molecule has 0 aromatic rings. The Balaban J connectivity index is 5.40. The van der Waals surface area contributed by atoms with Crippen LogP contribution in [0.15, 0.2) is 85.1 Å². The van der Waals surface area contributed by atoms with Crippen LogP contribution in [-0.4, -0.2) is 69.4 Å². The number of amides is 1. The van der Waals surface area contributed by atoms with E-state index < -0.39 is 32.5 Å². The first-order valence-electron chi connectivity index (χ1n) is 30.4. The fourth-order valence-electron chi connectivity index (χ4n) is 8.43. The summed E-state index contributed by atoms with van der Waals surface area (Å²) in [5, 5.41) is 3.01. The minimum Gasteiger partial charge on any atom is -0.756 e. The number of nitrogens with one attached hydrogen (secondary N) is 1. The second-order valence-corrected chi connectivity index (χ2v) is 22.9. The Bertz CT molecular complexity index is 1540. The Morgan fingerprint density at radius 1 is 0.486 bits per heavy atom. The van der Waals surface area contributed by atoms with E-state index in [0.29, 0.717) is 23.9 Å². The lowest BCUT2D eigenvalue weighted by Gasteiger charge is -2.30. The number of likely N-dealkylation sites (N-methyl/N-ethyl adjacent to an activating group) is 1. The first kappa shape index (κ1) is 71.2. The molecule has 0 heterocycles. The van der Waals surface area contributed by atoms with Crippen LogP contribution in [0.4, 0.5) is 0 Å². The maximum absolute atomic E-state index is 13.5. The molecule has 0 aromatic heterocycles. The summed E-state index contributed by atoms with van der Waals surface area (Å²) >= 11 is 0. The second-order valence-electron chi connectivity index (χ2n) is 21.5. The topological polar surface area (TPSA) is 114 Å². The third-order valence-corrected chi connectivity index (χ3v) is 14.1. The molecule has 0 rings (SSSR count). The van der Waals surface area contributed by atoms with Gasteiger partial charge in [-0.2, -0.15) is 0 Å². The van der Waals surface area contributed by atoms with Gasteiger partial charge in [-0.3, -0.25) is 14.2 Å². The van der Waals surface area contributed by atoms with Gasteiger partial charge in [-0.05, 0) is 70.3 Å². The van der Waals surface area contributed by atoms with Crippen molar-refractivity contribution < 1.29 is 37.3 Å². The smallest absolute Gasteiger partial charge is 0.306 e. The lowest BCUT2D eigenvalue weighted by Crippen LogP contribution is -2.47. The summed E-state index contributed by atoms with van der Waals surface area (Å²) in [5.41, 5.74) is 0. The van der Waals surface area contributed by atoms with Gasteiger partial charge in [0.15, 0.2) is 0 Å². The summed E-state index contributed by atoms with van der Waals surface area (Å²) < 4.78 is 30.2. The number of allylic oxidation sites excluding steroid dienone is 13. The van der Waals surface area contributed by atoms with Crippen molar-refractivity contribution in [2.45, 2.75) is 270 Å². The van der Waals surface area contributed by atoms with Gasteiger partial charge < -0.3 is 28.5 Å². The second kappa shape index (κ2) is 53.6. The molecule has 0 saturated heterocycles. The van der Waals surface area contributed by atoms with Crippen molar-refractivity contribution in [2.75, 3.05) is 40.9 Å². The highest BCUT2D eigenvalue weighted by atomic mass is 31.2. The van der Waals surface area contributed by atoms with Gasteiger partial charge in [0.1, 0.15) is 19.3 Å². The molecule has 9 nitrogen and oxygen atoms in total. The Hall–Kier alpha value is -2.81. The molecule has 0 aliphatic carbocycles. The summed E-state index contributed by atoms with van der Waals surface area (Å²) in [6.45, 7) is 6.69. The predicted octanol–water partition coefficient (Wildman–Crippen LogP) is 18.0. The van der Waals surface area contributed by atoms with Crippen LogP contribution in [0.1, 0.15) is 258 Å². The van der Waals surface area contributed by atoms with Crippen molar-refractivity contribution in [3.63, 3.8) is 0 Å². The number of rotatable bonds is 54. The molecule has 0 saturated carbocycles. The number of unbranched alkanes of at least 4 members (excludes halogenated alkanes) is 26. The molecule has 0 fully saturated rings. The Morgan fingerprint density at radius 2 is 0.878 bits per heavy atom. The van der Waals surface area contributed by atoms with Gasteiger partial charge in [0.05, 0.1) is 33.8 Å². The van der Waals surface area contributed by atoms with Crippen LogP contribution in [0.5, 0.6) is 0 Å². The number of esters is 1. The number of carbonyl (C=O) groups excluding carboxylic acids is 2. The molecule has 428 valence electrons. The third kappa shape index (κ3) is 54.0. The van der Waals surface area contributed by atoms with Crippen LogP contribution in [0, 0.1) is 0 Å². The van der Waals surface area contributed by atoms with E-state index in [-0.39, 0.29) is 18.9 Å². The van der Waals surface area contributed by atoms with Gasteiger partial charge in [-0.15, -0.1) is 0 Å².